The summed E-state index contributed by atoms with van der Waals surface area (Å²) in [5.41, 5.74) is 1.42. The van der Waals surface area contributed by atoms with Gasteiger partial charge in [-0.15, -0.1) is 0 Å². The molecule has 0 bridgehead atoms. The summed E-state index contributed by atoms with van der Waals surface area (Å²) in [4.78, 5) is 18.7. The Labute approximate surface area is 135 Å². The standard InChI is InChI=1S/C17H23N3O3/c1-2-10-18-12-8-6-11(7-9-12)16-19-13-4-3-5-14(15(13)20-16)23-17(21)22/h3-5,11-12,18H,2,6-10H2,1H3,(H,19,20)(H,21,22). The molecule has 0 unspecified atom stereocenters. The van der Waals surface area contributed by atoms with E-state index >= 15 is 0 Å². The van der Waals surface area contributed by atoms with Crippen LogP contribution in [0.3, 0.4) is 0 Å². The molecule has 0 aliphatic heterocycles. The van der Waals surface area contributed by atoms with Crippen LogP contribution in [0.2, 0.25) is 0 Å². The van der Waals surface area contributed by atoms with Crippen LogP contribution in [0.4, 0.5) is 4.79 Å². The molecule has 0 saturated heterocycles. The van der Waals surface area contributed by atoms with Gasteiger partial charge in [-0.1, -0.05) is 13.0 Å². The number of imidazole rings is 1. The van der Waals surface area contributed by atoms with Crippen LogP contribution in [0, 0.1) is 0 Å². The predicted molar refractivity (Wildman–Crippen MR) is 88.0 cm³/mol. The zero-order valence-electron chi connectivity index (χ0n) is 13.3. The minimum absolute atomic E-state index is 0.288. The Balaban J connectivity index is 1.73. The highest BCUT2D eigenvalue weighted by Gasteiger charge is 2.24. The van der Waals surface area contributed by atoms with E-state index in [-0.39, 0.29) is 5.75 Å². The third-order valence-electron chi connectivity index (χ3n) is 4.49. The van der Waals surface area contributed by atoms with Crippen molar-refractivity contribution in [3.8, 4) is 5.75 Å². The number of carboxylic acid groups (broad SMARTS) is 1. The lowest BCUT2D eigenvalue weighted by Gasteiger charge is -2.28. The fraction of sp³-hybridized carbons (Fsp3) is 0.529. The number of hydrogen-bond donors (Lipinski definition) is 3. The zero-order valence-corrected chi connectivity index (χ0v) is 13.3. The first kappa shape index (κ1) is 15.8. The maximum absolute atomic E-state index is 10.8. The average Bonchev–Trinajstić information content (AvgIpc) is 2.98. The van der Waals surface area contributed by atoms with Gasteiger partial charge in [-0.3, -0.25) is 0 Å². The molecule has 3 N–H and O–H groups in total. The van der Waals surface area contributed by atoms with Gasteiger partial charge in [0.15, 0.2) is 5.75 Å². The van der Waals surface area contributed by atoms with E-state index in [1.54, 1.807) is 12.1 Å². The van der Waals surface area contributed by atoms with E-state index in [1.165, 1.54) is 0 Å². The number of benzene rings is 1. The number of nitrogens with one attached hydrogen (secondary N) is 2. The smallest absolute Gasteiger partial charge is 0.449 e. The number of H-pyrrole nitrogens is 1. The van der Waals surface area contributed by atoms with Crippen molar-refractivity contribution in [2.24, 2.45) is 0 Å². The van der Waals surface area contributed by atoms with Crippen molar-refractivity contribution >= 4 is 17.2 Å². The van der Waals surface area contributed by atoms with Gasteiger partial charge in [0.25, 0.3) is 0 Å². The highest BCUT2D eigenvalue weighted by atomic mass is 16.7. The molecule has 1 saturated carbocycles. The molecular formula is C17H23N3O3. The van der Waals surface area contributed by atoms with Gasteiger partial charge in [0.05, 0.1) is 5.52 Å². The minimum Gasteiger partial charge on any atom is -0.449 e. The molecule has 1 aromatic heterocycles. The minimum atomic E-state index is -1.32. The molecule has 1 aliphatic carbocycles. The number of hydrogen-bond acceptors (Lipinski definition) is 4. The van der Waals surface area contributed by atoms with Crippen LogP contribution >= 0.6 is 0 Å². The van der Waals surface area contributed by atoms with Gasteiger partial charge in [0.2, 0.25) is 0 Å². The zero-order chi connectivity index (χ0) is 16.2. The molecule has 2 aromatic rings. The Morgan fingerprint density at radius 3 is 2.87 bits per heavy atom. The molecule has 124 valence electrons. The number of nitrogens with zero attached hydrogens (tertiary/aromatic N) is 1. The molecule has 6 nitrogen and oxygen atoms in total. The molecule has 1 heterocycles. The molecule has 23 heavy (non-hydrogen) atoms. The first-order valence-corrected chi connectivity index (χ1v) is 8.30. The molecule has 0 radical (unpaired) electrons. The van der Waals surface area contributed by atoms with E-state index in [0.29, 0.717) is 17.5 Å². The Bertz CT molecular complexity index is 675. The highest BCUT2D eigenvalue weighted by Crippen LogP contribution is 2.34. The third kappa shape index (κ3) is 3.64. The number of para-hydroxylation sites is 1. The van der Waals surface area contributed by atoms with Crippen LogP contribution in [0.15, 0.2) is 18.2 Å². The number of ether oxygens (including phenoxy) is 1. The van der Waals surface area contributed by atoms with E-state index in [0.717, 1.165) is 50.0 Å². The van der Waals surface area contributed by atoms with Crippen LogP contribution in [0.1, 0.15) is 50.8 Å². The monoisotopic (exact) mass is 317 g/mol. The van der Waals surface area contributed by atoms with Crippen LogP contribution in [0.5, 0.6) is 5.75 Å². The van der Waals surface area contributed by atoms with E-state index in [9.17, 15) is 4.79 Å². The molecule has 3 rings (SSSR count). The van der Waals surface area contributed by atoms with Crippen molar-refractivity contribution < 1.29 is 14.6 Å². The van der Waals surface area contributed by atoms with Crippen LogP contribution < -0.4 is 10.1 Å². The first-order valence-electron chi connectivity index (χ1n) is 8.30. The molecule has 0 amide bonds. The summed E-state index contributed by atoms with van der Waals surface area (Å²) in [6, 6.07) is 5.91. The van der Waals surface area contributed by atoms with Gasteiger partial charge >= 0.3 is 6.16 Å². The predicted octanol–water partition coefficient (Wildman–Crippen LogP) is 3.65. The average molecular weight is 317 g/mol. The molecular weight excluding hydrogens is 294 g/mol. The summed E-state index contributed by atoms with van der Waals surface area (Å²) in [6.07, 6.45) is 4.34. The third-order valence-corrected chi connectivity index (χ3v) is 4.49. The first-order chi connectivity index (χ1) is 11.2. The maximum Gasteiger partial charge on any atom is 0.511 e. The van der Waals surface area contributed by atoms with Crippen molar-refractivity contribution in [2.45, 2.75) is 51.0 Å². The van der Waals surface area contributed by atoms with E-state index in [4.69, 9.17) is 9.84 Å². The maximum atomic E-state index is 10.8. The number of aromatic amines is 1. The largest absolute Gasteiger partial charge is 0.511 e. The van der Waals surface area contributed by atoms with Crippen LogP contribution in [0.25, 0.3) is 11.0 Å². The van der Waals surface area contributed by atoms with Gasteiger partial charge in [-0.05, 0) is 50.8 Å². The van der Waals surface area contributed by atoms with Gasteiger partial charge < -0.3 is 20.1 Å². The molecule has 0 spiro atoms. The normalized spacial score (nSPS) is 21.4. The van der Waals surface area contributed by atoms with Crippen LogP contribution in [-0.4, -0.2) is 33.8 Å². The summed E-state index contributed by atoms with van der Waals surface area (Å²) in [5, 5.41) is 12.4. The van der Waals surface area contributed by atoms with Crippen molar-refractivity contribution in [1.82, 2.24) is 15.3 Å². The Kier molecular flexibility index (Phi) is 4.81. The lowest BCUT2D eigenvalue weighted by atomic mass is 9.85. The number of carbonyl (C=O) groups is 1. The van der Waals surface area contributed by atoms with Crippen molar-refractivity contribution in [3.05, 3.63) is 24.0 Å². The highest BCUT2D eigenvalue weighted by molar-refractivity contribution is 5.83. The number of fused-ring (bicyclic) bond motifs is 1. The van der Waals surface area contributed by atoms with Gasteiger partial charge in [0, 0.05) is 12.0 Å². The summed E-state index contributed by atoms with van der Waals surface area (Å²) < 4.78 is 4.81. The summed E-state index contributed by atoms with van der Waals surface area (Å²) in [5.74, 6) is 1.63. The van der Waals surface area contributed by atoms with Gasteiger partial charge in [0.1, 0.15) is 11.3 Å². The Hall–Kier alpha value is -2.08. The molecule has 1 fully saturated rings. The molecule has 6 heteroatoms. The van der Waals surface area contributed by atoms with Gasteiger partial charge in [-0.25, -0.2) is 9.78 Å². The second-order valence-corrected chi connectivity index (χ2v) is 6.15. The summed E-state index contributed by atoms with van der Waals surface area (Å²) >= 11 is 0. The lowest BCUT2D eigenvalue weighted by molar-refractivity contribution is 0.145. The topological polar surface area (TPSA) is 87.2 Å². The van der Waals surface area contributed by atoms with E-state index in [2.05, 4.69) is 22.2 Å². The molecule has 1 aliphatic rings. The van der Waals surface area contributed by atoms with Crippen molar-refractivity contribution in [1.29, 1.82) is 0 Å². The SMILES string of the molecule is CCCNC1CCC(c2nc3c(OC(=O)O)cccc3[nH]2)CC1. The quantitative estimate of drug-likeness (QED) is 0.579. The summed E-state index contributed by atoms with van der Waals surface area (Å²) in [7, 11) is 0. The fourth-order valence-corrected chi connectivity index (χ4v) is 3.31. The second kappa shape index (κ2) is 7.00. The van der Waals surface area contributed by atoms with Crippen molar-refractivity contribution in [2.75, 3.05) is 6.54 Å². The fourth-order valence-electron chi connectivity index (χ4n) is 3.31. The molecule has 0 atom stereocenters. The van der Waals surface area contributed by atoms with Gasteiger partial charge in [-0.2, -0.15) is 0 Å². The molecule has 1 aromatic carbocycles. The summed E-state index contributed by atoms with van der Waals surface area (Å²) in [6.45, 7) is 3.26. The van der Waals surface area contributed by atoms with E-state index in [1.807, 2.05) is 6.07 Å². The van der Waals surface area contributed by atoms with Crippen LogP contribution in [-0.2, 0) is 0 Å². The van der Waals surface area contributed by atoms with E-state index < -0.39 is 6.16 Å². The number of rotatable bonds is 5. The van der Waals surface area contributed by atoms with Crippen molar-refractivity contribution in [3.63, 3.8) is 0 Å². The second-order valence-electron chi connectivity index (χ2n) is 6.15. The number of aromatic nitrogens is 2. The Morgan fingerprint density at radius 1 is 1.39 bits per heavy atom. The Morgan fingerprint density at radius 2 is 2.17 bits per heavy atom. The lowest BCUT2D eigenvalue weighted by Crippen LogP contribution is -2.33.